The fraction of sp³-hybridized carbons (Fsp3) is 0.400. The molecule has 0 unspecified atom stereocenters. The molecule has 0 aliphatic heterocycles. The quantitative estimate of drug-likeness (QED) is 0.546. The Kier molecular flexibility index (Phi) is 10.5. The first-order chi connectivity index (χ1) is 12.6. The van der Waals surface area contributed by atoms with Crippen molar-refractivity contribution in [1.29, 1.82) is 0 Å². The predicted molar refractivity (Wildman–Crippen MR) is 104 cm³/mol. The SMILES string of the molecule is CCOc1cccc(CCN)c1.CCOc1cccc(CC[N+](=O)[O-])c1. The van der Waals surface area contributed by atoms with Crippen molar-refractivity contribution in [3.8, 4) is 11.5 Å². The van der Waals surface area contributed by atoms with Gasteiger partial charge in [0.15, 0.2) is 0 Å². The summed E-state index contributed by atoms with van der Waals surface area (Å²) in [6.07, 6.45) is 1.37. The van der Waals surface area contributed by atoms with E-state index in [2.05, 4.69) is 6.07 Å². The Hall–Kier alpha value is -2.60. The van der Waals surface area contributed by atoms with E-state index in [1.807, 2.05) is 56.3 Å². The van der Waals surface area contributed by atoms with Gasteiger partial charge in [-0.2, -0.15) is 0 Å². The molecule has 2 N–H and O–H groups in total. The van der Waals surface area contributed by atoms with Crippen LogP contribution in [0.1, 0.15) is 25.0 Å². The molecule has 2 aromatic carbocycles. The summed E-state index contributed by atoms with van der Waals surface area (Å²) >= 11 is 0. The topological polar surface area (TPSA) is 87.6 Å². The second-order valence-electron chi connectivity index (χ2n) is 5.51. The summed E-state index contributed by atoms with van der Waals surface area (Å²) in [4.78, 5) is 9.85. The summed E-state index contributed by atoms with van der Waals surface area (Å²) in [5.41, 5.74) is 7.62. The molecule has 0 heterocycles. The first-order valence-corrected chi connectivity index (χ1v) is 8.84. The van der Waals surface area contributed by atoms with E-state index in [1.165, 1.54) is 5.56 Å². The van der Waals surface area contributed by atoms with Crippen LogP contribution in [0.4, 0.5) is 0 Å². The van der Waals surface area contributed by atoms with Crippen molar-refractivity contribution in [2.45, 2.75) is 26.7 Å². The van der Waals surface area contributed by atoms with Crippen LogP contribution in [0.15, 0.2) is 48.5 Å². The molecule has 0 amide bonds. The number of nitrogens with two attached hydrogens (primary N) is 1. The summed E-state index contributed by atoms with van der Waals surface area (Å²) in [6, 6.07) is 15.5. The van der Waals surface area contributed by atoms with Crippen molar-refractivity contribution in [1.82, 2.24) is 0 Å². The third-order valence-corrected chi connectivity index (χ3v) is 3.43. The van der Waals surface area contributed by atoms with E-state index < -0.39 is 0 Å². The molecule has 0 radical (unpaired) electrons. The lowest BCUT2D eigenvalue weighted by atomic mass is 10.1. The molecular weight excluding hydrogens is 332 g/mol. The minimum absolute atomic E-state index is 0.0322. The maximum absolute atomic E-state index is 10.2. The lowest BCUT2D eigenvalue weighted by Gasteiger charge is -2.04. The third kappa shape index (κ3) is 9.03. The highest BCUT2D eigenvalue weighted by molar-refractivity contribution is 5.29. The second-order valence-corrected chi connectivity index (χ2v) is 5.51. The number of nitrogens with zero attached hydrogens (tertiary/aromatic N) is 1. The summed E-state index contributed by atoms with van der Waals surface area (Å²) in [7, 11) is 0. The monoisotopic (exact) mass is 360 g/mol. The molecule has 6 nitrogen and oxygen atoms in total. The molecule has 26 heavy (non-hydrogen) atoms. The van der Waals surface area contributed by atoms with Crippen LogP contribution >= 0.6 is 0 Å². The summed E-state index contributed by atoms with van der Waals surface area (Å²) in [6.45, 7) is 5.87. The first-order valence-electron chi connectivity index (χ1n) is 8.84. The van der Waals surface area contributed by atoms with Gasteiger partial charge in [0.25, 0.3) is 0 Å². The van der Waals surface area contributed by atoms with Gasteiger partial charge < -0.3 is 15.2 Å². The lowest BCUT2D eigenvalue weighted by Crippen LogP contribution is -2.04. The maximum atomic E-state index is 10.2. The fourth-order valence-corrected chi connectivity index (χ4v) is 2.30. The van der Waals surface area contributed by atoms with Gasteiger partial charge in [0, 0.05) is 11.3 Å². The molecule has 0 aromatic heterocycles. The van der Waals surface area contributed by atoms with Crippen LogP contribution in [-0.2, 0) is 12.8 Å². The van der Waals surface area contributed by atoms with Gasteiger partial charge in [-0.25, -0.2) is 0 Å². The minimum atomic E-state index is -0.312. The molecule has 0 fully saturated rings. The van der Waals surface area contributed by atoms with Gasteiger partial charge in [-0.15, -0.1) is 0 Å². The van der Waals surface area contributed by atoms with Crippen molar-refractivity contribution >= 4 is 0 Å². The van der Waals surface area contributed by atoms with E-state index in [0.29, 0.717) is 26.2 Å². The Bertz CT molecular complexity index is 641. The smallest absolute Gasteiger partial charge is 0.207 e. The third-order valence-electron chi connectivity index (χ3n) is 3.43. The van der Waals surface area contributed by atoms with E-state index in [4.69, 9.17) is 15.2 Å². The maximum Gasteiger partial charge on any atom is 0.207 e. The van der Waals surface area contributed by atoms with E-state index >= 15 is 0 Å². The average molecular weight is 360 g/mol. The second kappa shape index (κ2) is 12.7. The highest BCUT2D eigenvalue weighted by Crippen LogP contribution is 2.14. The van der Waals surface area contributed by atoms with Crippen LogP contribution in [0, 0.1) is 10.1 Å². The number of nitro groups is 1. The zero-order valence-electron chi connectivity index (χ0n) is 15.5. The van der Waals surface area contributed by atoms with E-state index in [0.717, 1.165) is 23.5 Å². The Morgan fingerprint density at radius 1 is 0.923 bits per heavy atom. The van der Waals surface area contributed by atoms with Crippen LogP contribution in [0.25, 0.3) is 0 Å². The highest BCUT2D eigenvalue weighted by atomic mass is 16.6. The predicted octanol–water partition coefficient (Wildman–Crippen LogP) is 3.49. The Morgan fingerprint density at radius 3 is 1.85 bits per heavy atom. The Morgan fingerprint density at radius 2 is 1.42 bits per heavy atom. The molecule has 0 saturated heterocycles. The molecule has 2 rings (SSSR count). The highest BCUT2D eigenvalue weighted by Gasteiger charge is 2.01. The molecule has 0 saturated carbocycles. The zero-order valence-corrected chi connectivity index (χ0v) is 15.5. The van der Waals surface area contributed by atoms with Crippen molar-refractivity contribution < 1.29 is 14.4 Å². The van der Waals surface area contributed by atoms with Crippen molar-refractivity contribution in [2.24, 2.45) is 5.73 Å². The van der Waals surface area contributed by atoms with E-state index in [9.17, 15) is 10.1 Å². The normalized spacial score (nSPS) is 9.81. The van der Waals surface area contributed by atoms with Crippen LogP contribution < -0.4 is 15.2 Å². The molecule has 142 valence electrons. The standard InChI is InChI=1S/C10H13NO3.C10H15NO/c1-2-14-10-5-3-4-9(8-10)6-7-11(12)13;1-2-12-10-5-3-4-9(8-10)6-7-11/h3-5,8H,2,6-7H2,1H3;3-5,8H,2,6-7,11H2,1H3. The lowest BCUT2D eigenvalue weighted by molar-refractivity contribution is -0.479. The van der Waals surface area contributed by atoms with Gasteiger partial charge in [-0.1, -0.05) is 24.3 Å². The van der Waals surface area contributed by atoms with Crippen molar-refractivity contribution in [2.75, 3.05) is 26.3 Å². The molecule has 2 aromatic rings. The molecule has 0 aliphatic rings. The Balaban J connectivity index is 0.000000263. The summed E-state index contributed by atoms with van der Waals surface area (Å²) in [5, 5.41) is 10.2. The van der Waals surface area contributed by atoms with Gasteiger partial charge in [0.2, 0.25) is 6.54 Å². The summed E-state index contributed by atoms with van der Waals surface area (Å²) < 4.78 is 10.6. The number of benzene rings is 2. The molecule has 0 atom stereocenters. The molecule has 0 bridgehead atoms. The van der Waals surface area contributed by atoms with Crippen LogP contribution in [0.5, 0.6) is 11.5 Å². The van der Waals surface area contributed by atoms with Crippen LogP contribution in [-0.4, -0.2) is 31.2 Å². The van der Waals surface area contributed by atoms with Crippen LogP contribution in [0.2, 0.25) is 0 Å². The fourth-order valence-electron chi connectivity index (χ4n) is 2.30. The number of hydrogen-bond acceptors (Lipinski definition) is 5. The van der Waals surface area contributed by atoms with E-state index in [-0.39, 0.29) is 11.5 Å². The number of hydrogen-bond donors (Lipinski definition) is 1. The van der Waals surface area contributed by atoms with Crippen molar-refractivity contribution in [3.05, 3.63) is 69.8 Å². The van der Waals surface area contributed by atoms with Crippen LogP contribution in [0.3, 0.4) is 0 Å². The van der Waals surface area contributed by atoms with Gasteiger partial charge >= 0.3 is 0 Å². The summed E-state index contributed by atoms with van der Waals surface area (Å²) in [5.74, 6) is 1.71. The van der Waals surface area contributed by atoms with Gasteiger partial charge in [0.05, 0.1) is 13.2 Å². The van der Waals surface area contributed by atoms with Gasteiger partial charge in [-0.3, -0.25) is 10.1 Å². The molecule has 6 heteroatoms. The Labute approximate surface area is 155 Å². The minimum Gasteiger partial charge on any atom is -0.494 e. The number of rotatable bonds is 9. The van der Waals surface area contributed by atoms with Crippen molar-refractivity contribution in [3.63, 3.8) is 0 Å². The average Bonchev–Trinajstić information content (AvgIpc) is 2.62. The first kappa shape index (κ1) is 21.4. The molecule has 0 aliphatic carbocycles. The number of ether oxygens (including phenoxy) is 2. The van der Waals surface area contributed by atoms with E-state index in [1.54, 1.807) is 0 Å². The molecular formula is C20H28N2O4. The molecule has 0 spiro atoms. The van der Waals surface area contributed by atoms with Gasteiger partial charge in [0.1, 0.15) is 11.5 Å². The van der Waals surface area contributed by atoms with Gasteiger partial charge in [-0.05, 0) is 62.2 Å². The zero-order chi connectivity index (χ0) is 19.2. The largest absolute Gasteiger partial charge is 0.494 e.